The van der Waals surface area contributed by atoms with Gasteiger partial charge in [0, 0.05) is 42.7 Å². The van der Waals surface area contributed by atoms with E-state index >= 15 is 0 Å². The molecule has 0 saturated carbocycles. The van der Waals surface area contributed by atoms with Crippen molar-refractivity contribution in [3.05, 3.63) is 53.0 Å². The van der Waals surface area contributed by atoms with Crippen LogP contribution in [0.1, 0.15) is 74.0 Å². The fraction of sp³-hybridized carbons (Fsp3) is 0.524. The molecule has 4 rings (SSSR count). The van der Waals surface area contributed by atoms with Crippen LogP contribution < -0.4 is 0 Å². The number of alkyl halides is 3. The predicted octanol–water partition coefficient (Wildman–Crippen LogP) is 4.56. The van der Waals surface area contributed by atoms with Crippen molar-refractivity contribution < 1.29 is 13.2 Å². The third-order valence-corrected chi connectivity index (χ3v) is 5.51. The Morgan fingerprint density at radius 2 is 1.90 bits per heavy atom. The minimum absolute atomic E-state index is 0.0545. The first-order valence-corrected chi connectivity index (χ1v) is 10.3. The normalized spacial score (nSPS) is 18.0. The Morgan fingerprint density at radius 3 is 2.53 bits per heavy atom. The van der Waals surface area contributed by atoms with Crippen molar-refractivity contribution >= 4 is 5.65 Å². The molecule has 1 saturated heterocycles. The number of halogens is 3. The SMILES string of the molecule is CCc1ncc(CN2CCC[C@H]2c2cc3nc(C(C)C)cc(C(F)(F)F)n3n2)cn1. The van der Waals surface area contributed by atoms with Crippen molar-refractivity contribution in [2.75, 3.05) is 6.54 Å². The van der Waals surface area contributed by atoms with Gasteiger partial charge in [-0.15, -0.1) is 0 Å². The number of hydrogen-bond acceptors (Lipinski definition) is 5. The Balaban J connectivity index is 1.67. The van der Waals surface area contributed by atoms with E-state index in [1.165, 1.54) is 0 Å². The molecule has 9 heteroatoms. The monoisotopic (exact) mass is 418 g/mol. The molecule has 6 nitrogen and oxygen atoms in total. The molecule has 3 aromatic rings. The third kappa shape index (κ3) is 4.03. The summed E-state index contributed by atoms with van der Waals surface area (Å²) in [6.07, 6.45) is 1.73. The quantitative estimate of drug-likeness (QED) is 0.608. The maximum Gasteiger partial charge on any atom is 0.433 e. The second-order valence-electron chi connectivity index (χ2n) is 8.05. The van der Waals surface area contributed by atoms with Crippen molar-refractivity contribution in [3.8, 4) is 0 Å². The number of likely N-dealkylation sites (tertiary alicyclic amines) is 1. The highest BCUT2D eigenvalue weighted by Crippen LogP contribution is 2.35. The Bertz CT molecular complexity index is 1030. The van der Waals surface area contributed by atoms with Crippen LogP contribution in [-0.4, -0.2) is 36.0 Å². The third-order valence-electron chi connectivity index (χ3n) is 5.51. The lowest BCUT2D eigenvalue weighted by atomic mass is 10.1. The molecule has 0 aliphatic carbocycles. The van der Waals surface area contributed by atoms with Crippen LogP contribution in [0.2, 0.25) is 0 Å². The first-order valence-electron chi connectivity index (χ1n) is 10.3. The molecule has 0 radical (unpaired) electrons. The van der Waals surface area contributed by atoms with E-state index in [2.05, 4.69) is 25.0 Å². The molecule has 4 heterocycles. The summed E-state index contributed by atoms with van der Waals surface area (Å²) in [7, 11) is 0. The van der Waals surface area contributed by atoms with Gasteiger partial charge in [0.15, 0.2) is 5.65 Å². The van der Waals surface area contributed by atoms with E-state index in [9.17, 15) is 13.2 Å². The van der Waals surface area contributed by atoms with Crippen molar-refractivity contribution in [1.29, 1.82) is 0 Å². The van der Waals surface area contributed by atoms with Crippen LogP contribution in [0, 0.1) is 0 Å². The summed E-state index contributed by atoms with van der Waals surface area (Å²) in [6.45, 7) is 7.16. The standard InChI is InChI=1S/C21H25F3N6/c1-4-19-25-10-14(11-26-19)12-29-7-5-6-17(29)16-9-20-27-15(13(2)3)8-18(21(22,23)24)30(20)28-16/h8-11,13,17H,4-7,12H2,1-3H3/t17-/m0/s1. The largest absolute Gasteiger partial charge is 0.433 e. The number of nitrogens with zero attached hydrogens (tertiary/aromatic N) is 6. The zero-order chi connectivity index (χ0) is 21.5. The number of aryl methyl sites for hydroxylation is 1. The lowest BCUT2D eigenvalue weighted by Crippen LogP contribution is -2.23. The van der Waals surface area contributed by atoms with Crippen LogP contribution in [0.4, 0.5) is 13.2 Å². The molecule has 0 amide bonds. The van der Waals surface area contributed by atoms with E-state index in [1.54, 1.807) is 6.07 Å². The average molecular weight is 418 g/mol. The van der Waals surface area contributed by atoms with Gasteiger partial charge in [-0.2, -0.15) is 18.3 Å². The molecule has 0 unspecified atom stereocenters. The van der Waals surface area contributed by atoms with Gasteiger partial charge in [-0.25, -0.2) is 19.5 Å². The van der Waals surface area contributed by atoms with Gasteiger partial charge in [-0.3, -0.25) is 4.90 Å². The lowest BCUT2D eigenvalue weighted by molar-refractivity contribution is -0.142. The lowest BCUT2D eigenvalue weighted by Gasteiger charge is -2.22. The van der Waals surface area contributed by atoms with Crippen molar-refractivity contribution in [2.45, 2.75) is 64.7 Å². The summed E-state index contributed by atoms with van der Waals surface area (Å²) in [6, 6.07) is 2.75. The fourth-order valence-electron chi connectivity index (χ4n) is 3.90. The molecule has 30 heavy (non-hydrogen) atoms. The number of fused-ring (bicyclic) bond motifs is 1. The molecular weight excluding hydrogens is 393 g/mol. The van der Waals surface area contributed by atoms with E-state index in [1.807, 2.05) is 33.2 Å². The minimum atomic E-state index is -4.50. The molecule has 0 spiro atoms. The number of aromatic nitrogens is 5. The van der Waals surface area contributed by atoms with Gasteiger partial charge in [0.25, 0.3) is 0 Å². The van der Waals surface area contributed by atoms with Crippen molar-refractivity contribution in [1.82, 2.24) is 29.5 Å². The predicted molar refractivity (Wildman–Crippen MR) is 106 cm³/mol. The molecule has 1 aliphatic heterocycles. The Labute approximate surface area is 173 Å². The molecule has 0 N–H and O–H groups in total. The van der Waals surface area contributed by atoms with Crippen LogP contribution in [0.5, 0.6) is 0 Å². The first-order chi connectivity index (χ1) is 14.3. The smallest absolute Gasteiger partial charge is 0.290 e. The Morgan fingerprint density at radius 1 is 1.17 bits per heavy atom. The van der Waals surface area contributed by atoms with Crippen LogP contribution in [0.25, 0.3) is 5.65 Å². The van der Waals surface area contributed by atoms with Crippen LogP contribution in [0.15, 0.2) is 24.5 Å². The highest BCUT2D eigenvalue weighted by atomic mass is 19.4. The molecule has 1 aliphatic rings. The van der Waals surface area contributed by atoms with Crippen molar-refractivity contribution in [2.24, 2.45) is 0 Å². The highest BCUT2D eigenvalue weighted by Gasteiger charge is 2.36. The van der Waals surface area contributed by atoms with Gasteiger partial charge in [0.1, 0.15) is 11.5 Å². The van der Waals surface area contributed by atoms with Gasteiger partial charge in [-0.1, -0.05) is 20.8 Å². The summed E-state index contributed by atoms with van der Waals surface area (Å²) in [5.41, 5.74) is 1.48. The maximum atomic E-state index is 13.7. The van der Waals surface area contributed by atoms with E-state index in [-0.39, 0.29) is 17.6 Å². The van der Waals surface area contributed by atoms with Crippen LogP contribution >= 0.6 is 0 Å². The van der Waals surface area contributed by atoms with Gasteiger partial charge < -0.3 is 0 Å². The summed E-state index contributed by atoms with van der Waals surface area (Å²) >= 11 is 0. The van der Waals surface area contributed by atoms with Gasteiger partial charge in [0.2, 0.25) is 0 Å². The second kappa shape index (κ2) is 7.94. The zero-order valence-electron chi connectivity index (χ0n) is 17.3. The van der Waals surface area contributed by atoms with E-state index in [4.69, 9.17) is 0 Å². The maximum absolute atomic E-state index is 13.7. The Hall–Kier alpha value is -2.55. The number of hydrogen-bond donors (Lipinski definition) is 0. The highest BCUT2D eigenvalue weighted by molar-refractivity contribution is 5.44. The molecule has 1 fully saturated rings. The summed E-state index contributed by atoms with van der Waals surface area (Å²) in [5.74, 6) is 0.687. The van der Waals surface area contributed by atoms with E-state index in [0.29, 0.717) is 17.9 Å². The molecule has 0 bridgehead atoms. The zero-order valence-corrected chi connectivity index (χ0v) is 17.3. The Kier molecular flexibility index (Phi) is 5.48. The van der Waals surface area contributed by atoms with E-state index < -0.39 is 11.9 Å². The minimum Gasteiger partial charge on any atom is -0.290 e. The molecule has 0 aromatic carbocycles. The molecule has 160 valence electrons. The van der Waals surface area contributed by atoms with Crippen molar-refractivity contribution in [3.63, 3.8) is 0 Å². The average Bonchev–Trinajstić information content (AvgIpc) is 3.33. The van der Waals surface area contributed by atoms with E-state index in [0.717, 1.165) is 47.8 Å². The topological polar surface area (TPSA) is 59.2 Å². The van der Waals surface area contributed by atoms with Gasteiger partial charge >= 0.3 is 6.18 Å². The fourth-order valence-corrected chi connectivity index (χ4v) is 3.90. The van der Waals surface area contributed by atoms with Crippen LogP contribution in [-0.2, 0) is 19.1 Å². The van der Waals surface area contributed by atoms with Gasteiger partial charge in [0.05, 0.1) is 11.7 Å². The molecular formula is C21H25F3N6. The summed E-state index contributed by atoms with van der Waals surface area (Å²) in [5, 5.41) is 4.34. The summed E-state index contributed by atoms with van der Waals surface area (Å²) < 4.78 is 41.9. The van der Waals surface area contributed by atoms with Crippen LogP contribution in [0.3, 0.4) is 0 Å². The molecule has 1 atom stereocenters. The number of rotatable bonds is 5. The second-order valence-corrected chi connectivity index (χ2v) is 8.05. The summed E-state index contributed by atoms with van der Waals surface area (Å²) in [4.78, 5) is 15.3. The van der Waals surface area contributed by atoms with Gasteiger partial charge in [-0.05, 0) is 31.4 Å². The first kappa shape index (κ1) is 20.7. The molecule has 3 aromatic heterocycles.